The molecule has 3 aliphatic rings. The van der Waals surface area contributed by atoms with Crippen molar-refractivity contribution in [2.75, 3.05) is 39.4 Å². The Morgan fingerprint density at radius 3 is 2.43 bits per heavy atom. The molecular formula is C19H32N2O2. The highest BCUT2D eigenvalue weighted by Gasteiger charge is 2.61. The summed E-state index contributed by atoms with van der Waals surface area (Å²) in [7, 11) is 0. The fourth-order valence-corrected chi connectivity index (χ4v) is 4.53. The number of morpholine rings is 1. The topological polar surface area (TPSA) is 32.8 Å². The number of carbonyl (C=O) groups is 1. The highest BCUT2D eigenvalue weighted by atomic mass is 16.5. The molecule has 0 aromatic carbocycles. The average molecular weight is 320 g/mol. The van der Waals surface area contributed by atoms with Gasteiger partial charge in [-0.2, -0.15) is 0 Å². The number of carbonyl (C=O) groups excluding carboxylic acids is 1. The normalized spacial score (nSPS) is 36.8. The summed E-state index contributed by atoms with van der Waals surface area (Å²) < 4.78 is 5.47. The number of rotatable bonds is 3. The van der Waals surface area contributed by atoms with E-state index >= 15 is 0 Å². The molecule has 1 amide bonds. The van der Waals surface area contributed by atoms with Crippen LogP contribution in [0.1, 0.15) is 34.6 Å². The Bertz CT molecular complexity index is 490. The van der Waals surface area contributed by atoms with Gasteiger partial charge in [-0.05, 0) is 31.1 Å². The molecule has 4 nitrogen and oxygen atoms in total. The fourth-order valence-electron chi connectivity index (χ4n) is 4.53. The van der Waals surface area contributed by atoms with Crippen molar-refractivity contribution in [2.45, 2.75) is 40.7 Å². The molecule has 3 fully saturated rings. The van der Waals surface area contributed by atoms with Crippen LogP contribution in [0.5, 0.6) is 0 Å². The van der Waals surface area contributed by atoms with Crippen molar-refractivity contribution >= 4 is 5.91 Å². The number of ether oxygens (including phenoxy) is 1. The zero-order valence-corrected chi connectivity index (χ0v) is 15.3. The second-order valence-electron chi connectivity index (χ2n) is 8.51. The van der Waals surface area contributed by atoms with E-state index in [1.165, 1.54) is 5.57 Å². The van der Waals surface area contributed by atoms with Crippen molar-refractivity contribution < 1.29 is 9.53 Å². The molecule has 1 saturated carbocycles. The minimum atomic E-state index is 0.120. The number of hydrogen-bond acceptors (Lipinski definition) is 3. The molecule has 0 spiro atoms. The van der Waals surface area contributed by atoms with E-state index in [-0.39, 0.29) is 11.3 Å². The summed E-state index contributed by atoms with van der Waals surface area (Å²) in [5.41, 5.74) is 1.44. The zero-order valence-electron chi connectivity index (χ0n) is 15.3. The third kappa shape index (κ3) is 3.20. The summed E-state index contributed by atoms with van der Waals surface area (Å²) in [4.78, 5) is 17.7. The highest BCUT2D eigenvalue weighted by molar-refractivity contribution is 5.84. The first-order chi connectivity index (χ1) is 10.8. The van der Waals surface area contributed by atoms with Crippen LogP contribution in [0.15, 0.2) is 11.6 Å². The van der Waals surface area contributed by atoms with Gasteiger partial charge < -0.3 is 9.64 Å². The minimum Gasteiger partial charge on any atom is -0.379 e. The Balaban J connectivity index is 1.64. The lowest BCUT2D eigenvalue weighted by molar-refractivity contribution is -0.132. The first-order valence-corrected chi connectivity index (χ1v) is 9.08. The molecule has 0 aromatic heterocycles. The van der Waals surface area contributed by atoms with Crippen LogP contribution in [0, 0.1) is 23.2 Å². The number of hydrogen-bond donors (Lipinski definition) is 0. The van der Waals surface area contributed by atoms with Gasteiger partial charge in [0.25, 0.3) is 0 Å². The molecule has 0 radical (unpaired) electrons. The first kappa shape index (κ1) is 17.0. The summed E-state index contributed by atoms with van der Waals surface area (Å²) in [6.07, 6.45) is 2.29. The Kier molecular flexibility index (Phi) is 4.58. The van der Waals surface area contributed by atoms with Gasteiger partial charge in [0.1, 0.15) is 0 Å². The van der Waals surface area contributed by atoms with E-state index < -0.39 is 0 Å². The number of amides is 1. The van der Waals surface area contributed by atoms with Crippen molar-refractivity contribution in [2.24, 2.45) is 23.2 Å². The molecule has 4 unspecified atom stereocenters. The summed E-state index contributed by atoms with van der Waals surface area (Å²) in [6, 6.07) is 0.506. The third-order valence-corrected chi connectivity index (χ3v) is 6.09. The summed E-state index contributed by atoms with van der Waals surface area (Å²) in [6.45, 7) is 16.5. The lowest BCUT2D eigenvalue weighted by Gasteiger charge is -2.34. The number of allylic oxidation sites excluding steroid dienone is 2. The van der Waals surface area contributed by atoms with Crippen LogP contribution in [-0.2, 0) is 9.53 Å². The molecule has 2 saturated heterocycles. The molecule has 4 atom stereocenters. The fraction of sp³-hybridized carbons (Fsp3) is 0.842. The smallest absolute Gasteiger partial charge is 0.226 e. The van der Waals surface area contributed by atoms with Gasteiger partial charge in [-0.3, -0.25) is 9.69 Å². The monoisotopic (exact) mass is 320 g/mol. The van der Waals surface area contributed by atoms with Gasteiger partial charge in [0.15, 0.2) is 0 Å². The predicted molar refractivity (Wildman–Crippen MR) is 92.1 cm³/mol. The van der Waals surface area contributed by atoms with Crippen molar-refractivity contribution in [1.29, 1.82) is 0 Å². The molecule has 130 valence electrons. The molecule has 2 heterocycles. The lowest BCUT2D eigenvalue weighted by Crippen LogP contribution is -2.47. The van der Waals surface area contributed by atoms with Crippen molar-refractivity contribution in [1.82, 2.24) is 9.80 Å². The quantitative estimate of drug-likeness (QED) is 0.749. The maximum Gasteiger partial charge on any atom is 0.226 e. The predicted octanol–water partition coefficient (Wildman–Crippen LogP) is 2.40. The van der Waals surface area contributed by atoms with Gasteiger partial charge in [-0.15, -0.1) is 0 Å². The van der Waals surface area contributed by atoms with Crippen LogP contribution in [-0.4, -0.2) is 61.1 Å². The summed E-state index contributed by atoms with van der Waals surface area (Å²) >= 11 is 0. The van der Waals surface area contributed by atoms with Gasteiger partial charge in [0.05, 0.1) is 19.1 Å². The van der Waals surface area contributed by atoms with E-state index in [1.807, 2.05) is 0 Å². The van der Waals surface area contributed by atoms with Crippen LogP contribution in [0.25, 0.3) is 0 Å². The van der Waals surface area contributed by atoms with Gasteiger partial charge in [-0.1, -0.05) is 32.4 Å². The molecule has 0 aromatic rings. The van der Waals surface area contributed by atoms with E-state index in [0.717, 1.165) is 39.4 Å². The van der Waals surface area contributed by atoms with Gasteiger partial charge in [0, 0.05) is 32.2 Å². The van der Waals surface area contributed by atoms with Crippen LogP contribution in [0.3, 0.4) is 0 Å². The third-order valence-electron chi connectivity index (χ3n) is 6.09. The second-order valence-corrected chi connectivity index (χ2v) is 8.51. The van der Waals surface area contributed by atoms with Crippen LogP contribution < -0.4 is 0 Å². The first-order valence-electron chi connectivity index (χ1n) is 9.08. The standard InChI is InChI=1S/C19H32N2O2/c1-13(2)10-15-17(19(15,4)5)18(22)21-11-14(3)16(12-21)20-6-8-23-9-7-20/h10,14-17H,6-9,11-12H2,1-5H3. The summed E-state index contributed by atoms with van der Waals surface area (Å²) in [5.74, 6) is 1.52. The lowest BCUT2D eigenvalue weighted by atomic mass is 10.0. The van der Waals surface area contributed by atoms with Crippen LogP contribution in [0.4, 0.5) is 0 Å². The van der Waals surface area contributed by atoms with E-state index in [0.29, 0.717) is 23.8 Å². The Hall–Kier alpha value is -0.870. The zero-order chi connectivity index (χ0) is 16.8. The highest BCUT2D eigenvalue weighted by Crippen LogP contribution is 2.60. The molecule has 3 rings (SSSR count). The largest absolute Gasteiger partial charge is 0.379 e. The van der Waals surface area contributed by atoms with E-state index in [2.05, 4.69) is 50.5 Å². The number of likely N-dealkylation sites (tertiary alicyclic amines) is 1. The van der Waals surface area contributed by atoms with Crippen molar-refractivity contribution in [3.8, 4) is 0 Å². The molecule has 0 bridgehead atoms. The maximum atomic E-state index is 13.0. The Morgan fingerprint density at radius 2 is 1.83 bits per heavy atom. The van der Waals surface area contributed by atoms with Crippen LogP contribution in [0.2, 0.25) is 0 Å². The van der Waals surface area contributed by atoms with Gasteiger partial charge >= 0.3 is 0 Å². The molecular weight excluding hydrogens is 288 g/mol. The van der Waals surface area contributed by atoms with E-state index in [4.69, 9.17) is 4.74 Å². The minimum absolute atomic E-state index is 0.120. The van der Waals surface area contributed by atoms with E-state index in [9.17, 15) is 4.79 Å². The summed E-state index contributed by atoms with van der Waals surface area (Å²) in [5, 5.41) is 0. The van der Waals surface area contributed by atoms with Crippen molar-refractivity contribution in [3.63, 3.8) is 0 Å². The average Bonchev–Trinajstić information content (AvgIpc) is 2.83. The second kappa shape index (κ2) is 6.21. The maximum absolute atomic E-state index is 13.0. The van der Waals surface area contributed by atoms with Gasteiger partial charge in [0.2, 0.25) is 5.91 Å². The molecule has 23 heavy (non-hydrogen) atoms. The molecule has 4 heteroatoms. The SMILES string of the molecule is CC(C)=CC1C(C(=O)N2CC(C)C(N3CCOCC3)C2)C1(C)C. The Labute approximate surface area is 140 Å². The Morgan fingerprint density at radius 1 is 1.17 bits per heavy atom. The molecule has 1 aliphatic carbocycles. The molecule has 2 aliphatic heterocycles. The molecule has 0 N–H and O–H groups in total. The van der Waals surface area contributed by atoms with E-state index in [1.54, 1.807) is 0 Å². The number of nitrogens with zero attached hydrogens (tertiary/aromatic N) is 2. The van der Waals surface area contributed by atoms with Crippen molar-refractivity contribution in [3.05, 3.63) is 11.6 Å². The van der Waals surface area contributed by atoms with Gasteiger partial charge in [-0.25, -0.2) is 0 Å². The van der Waals surface area contributed by atoms with Crippen LogP contribution >= 0.6 is 0 Å².